The van der Waals surface area contributed by atoms with E-state index in [4.69, 9.17) is 5.11 Å². The molecule has 4 unspecified atom stereocenters. The van der Waals surface area contributed by atoms with E-state index in [1.807, 2.05) is 0 Å². The number of hydrogen-bond donors (Lipinski definition) is 2. The average Bonchev–Trinajstić information content (AvgIpc) is 2.38. The summed E-state index contributed by atoms with van der Waals surface area (Å²) >= 11 is 0. The van der Waals surface area contributed by atoms with Crippen molar-refractivity contribution < 1.29 is 64.3 Å². The molecule has 0 aromatic heterocycles. The van der Waals surface area contributed by atoms with E-state index in [1.54, 1.807) is 12.2 Å². The Morgan fingerprint density at radius 3 is 2.04 bits per heavy atom. The molecule has 2 aliphatic heterocycles. The van der Waals surface area contributed by atoms with E-state index in [2.05, 4.69) is 10.6 Å². The quantitative estimate of drug-likeness (QED) is 0.478. The fraction of sp³-hybridized carbons (Fsp3) is 0.667. The molecule has 2 aliphatic rings. The summed E-state index contributed by atoms with van der Waals surface area (Å²) in [6.07, 6.45) is 4.59. The Kier molecular flexibility index (Phi) is 23.1. The molecule has 1 fully saturated rings. The maximum absolute atomic E-state index is 11.2. The minimum atomic E-state index is -0.968. The maximum Gasteiger partial charge on any atom is 2.00 e. The SMILES string of the molecule is O=C(O)C1C=CC[N-]C1C1[N-]CCCC1C(=O)O.[Co+2].[Co+2].[NH2-].[NH2-].[OH3+].[OH3+]. The molecule has 24 heavy (non-hydrogen) atoms. The summed E-state index contributed by atoms with van der Waals surface area (Å²) in [5.41, 5.74) is 0. The van der Waals surface area contributed by atoms with Crippen LogP contribution in [0.4, 0.5) is 0 Å². The largest absolute Gasteiger partial charge is 2.00 e. The molecule has 0 aromatic carbocycles. The summed E-state index contributed by atoms with van der Waals surface area (Å²) in [5.74, 6) is -3.24. The van der Waals surface area contributed by atoms with Crippen molar-refractivity contribution in [1.82, 2.24) is 0 Å². The molecule has 12 N–H and O–H groups in total. The number of piperidine rings is 1. The summed E-state index contributed by atoms with van der Waals surface area (Å²) in [6, 6.07) is -1.06. The van der Waals surface area contributed by atoms with Crippen molar-refractivity contribution in [2.45, 2.75) is 24.9 Å². The number of hydrogen-bond acceptors (Lipinski definition) is 2. The number of carboxylic acids is 2. The van der Waals surface area contributed by atoms with E-state index in [-0.39, 0.29) is 56.8 Å². The van der Waals surface area contributed by atoms with Crippen LogP contribution in [0.5, 0.6) is 0 Å². The van der Waals surface area contributed by atoms with Gasteiger partial charge in [-0.3, -0.25) is 9.59 Å². The van der Waals surface area contributed by atoms with Crippen LogP contribution in [-0.2, 0) is 54.1 Å². The molecule has 0 bridgehead atoms. The second kappa shape index (κ2) is 16.0. The zero-order valence-corrected chi connectivity index (χ0v) is 15.0. The van der Waals surface area contributed by atoms with Crippen LogP contribution in [0, 0.1) is 11.8 Å². The van der Waals surface area contributed by atoms with Gasteiger partial charge in [-0.2, -0.15) is 0 Å². The Labute approximate surface area is 161 Å². The van der Waals surface area contributed by atoms with E-state index in [9.17, 15) is 14.7 Å². The Morgan fingerprint density at radius 1 is 0.958 bits per heavy atom. The summed E-state index contributed by atoms with van der Waals surface area (Å²) in [7, 11) is 0. The van der Waals surface area contributed by atoms with Gasteiger partial charge in [-0.1, -0.05) is 12.5 Å². The van der Waals surface area contributed by atoms with Crippen molar-refractivity contribution in [3.05, 3.63) is 35.1 Å². The van der Waals surface area contributed by atoms with E-state index in [1.165, 1.54) is 0 Å². The smallest absolute Gasteiger partial charge is 0.693 e. The number of carboxylic acid groups (broad SMARTS) is 2. The molecule has 4 atom stereocenters. The van der Waals surface area contributed by atoms with E-state index in [0.29, 0.717) is 19.5 Å². The monoisotopic (exact) mass is 440 g/mol. The summed E-state index contributed by atoms with van der Waals surface area (Å²) < 4.78 is 0. The summed E-state index contributed by atoms with van der Waals surface area (Å²) in [4.78, 5) is 22.4. The van der Waals surface area contributed by atoms with Gasteiger partial charge in [0.15, 0.2) is 0 Å². The fourth-order valence-electron chi connectivity index (χ4n) is 2.63. The van der Waals surface area contributed by atoms with Gasteiger partial charge in [-0.05, 0) is 6.42 Å². The van der Waals surface area contributed by atoms with Gasteiger partial charge in [-0.25, -0.2) is 0 Å². The minimum Gasteiger partial charge on any atom is -0.693 e. The molecule has 0 saturated carbocycles. The van der Waals surface area contributed by atoms with Crippen molar-refractivity contribution in [2.75, 3.05) is 13.1 Å². The Morgan fingerprint density at radius 2 is 1.54 bits per heavy atom. The van der Waals surface area contributed by atoms with Crippen LogP contribution in [0.2, 0.25) is 0 Å². The molecule has 2 radical (unpaired) electrons. The van der Waals surface area contributed by atoms with Gasteiger partial charge in [0.1, 0.15) is 0 Å². The van der Waals surface area contributed by atoms with Gasteiger partial charge in [-0.15, -0.1) is 31.2 Å². The van der Waals surface area contributed by atoms with Crippen molar-refractivity contribution in [1.29, 1.82) is 0 Å². The first-order valence-corrected chi connectivity index (χ1v) is 6.06. The Balaban J connectivity index is -0.000000201. The number of carbonyl (C=O) groups is 2. The second-order valence-electron chi connectivity index (χ2n) is 4.63. The number of rotatable bonds is 3. The van der Waals surface area contributed by atoms with Crippen LogP contribution >= 0.6 is 0 Å². The van der Waals surface area contributed by atoms with Gasteiger partial charge in [0, 0.05) is 5.92 Å². The fourth-order valence-corrected chi connectivity index (χ4v) is 2.63. The first-order valence-electron chi connectivity index (χ1n) is 6.06. The average molecular weight is 440 g/mol. The molecule has 2 rings (SSSR count). The van der Waals surface area contributed by atoms with E-state index >= 15 is 0 Å². The van der Waals surface area contributed by atoms with Gasteiger partial charge in [0.25, 0.3) is 0 Å². The zero-order chi connectivity index (χ0) is 13.1. The molecule has 10 nitrogen and oxygen atoms in total. The van der Waals surface area contributed by atoms with Gasteiger partial charge < -0.3 is 44.1 Å². The molecule has 1 saturated heterocycles. The molecular formula is C12H26Co2N4O6+2. The van der Waals surface area contributed by atoms with Crippen LogP contribution in [0.15, 0.2) is 12.2 Å². The van der Waals surface area contributed by atoms with Gasteiger partial charge >= 0.3 is 45.5 Å². The topological polar surface area (TPSA) is 236 Å². The minimum absolute atomic E-state index is 0. The van der Waals surface area contributed by atoms with E-state index < -0.39 is 35.9 Å². The molecule has 0 amide bonds. The molecule has 2 heterocycles. The predicted octanol–water partition coefficient (Wildman–Crippen LogP) is 0.822. The zero-order valence-electron chi connectivity index (χ0n) is 12.9. The maximum atomic E-state index is 11.2. The third kappa shape index (κ3) is 8.02. The Hall–Kier alpha value is -0.547. The number of aliphatic carboxylic acids is 2. The van der Waals surface area contributed by atoms with Crippen molar-refractivity contribution >= 4 is 11.9 Å². The molecule has 0 aromatic rings. The first kappa shape index (κ1) is 34.7. The molecular weight excluding hydrogens is 414 g/mol. The van der Waals surface area contributed by atoms with Crippen LogP contribution in [0.1, 0.15) is 12.8 Å². The van der Waals surface area contributed by atoms with E-state index in [0.717, 1.165) is 6.42 Å². The Bertz CT molecular complexity index is 389. The number of nitrogens with zero attached hydrogens (tertiary/aromatic N) is 2. The first-order chi connectivity index (χ1) is 8.61. The molecule has 12 heteroatoms. The number of nitrogens with two attached hydrogens (primary N) is 2. The van der Waals surface area contributed by atoms with Crippen molar-refractivity contribution in [3.8, 4) is 0 Å². The third-order valence-corrected chi connectivity index (χ3v) is 3.51. The normalized spacial score (nSPS) is 27.2. The van der Waals surface area contributed by atoms with Crippen LogP contribution in [0.3, 0.4) is 0 Å². The predicted molar refractivity (Wildman–Crippen MR) is 85.0 cm³/mol. The third-order valence-electron chi connectivity index (χ3n) is 3.51. The van der Waals surface area contributed by atoms with Crippen molar-refractivity contribution in [3.63, 3.8) is 0 Å². The van der Waals surface area contributed by atoms with Gasteiger partial charge in [0.05, 0.1) is 5.92 Å². The standard InChI is InChI=1S/C12H16N2O4.2Co.2H2N.2H2O/c15-11(16)7-3-1-5-13-9(7)10-8(12(17)18)4-2-6-14-10;;;;;;/h1,3,7-10H,2,4-6H2,(H,15,16)(H,17,18);;;4*1H2/q-2;2*+2;2*-1;;/p+2. The van der Waals surface area contributed by atoms with Crippen LogP contribution < -0.4 is 0 Å². The van der Waals surface area contributed by atoms with Crippen LogP contribution in [-0.4, -0.2) is 47.3 Å². The van der Waals surface area contributed by atoms with Gasteiger partial charge in [0.2, 0.25) is 0 Å². The molecule has 0 aliphatic carbocycles. The van der Waals surface area contributed by atoms with Crippen LogP contribution in [0.25, 0.3) is 22.9 Å². The second-order valence-corrected chi connectivity index (χ2v) is 4.63. The van der Waals surface area contributed by atoms with Crippen molar-refractivity contribution in [2.24, 2.45) is 11.8 Å². The summed E-state index contributed by atoms with van der Waals surface area (Å²) in [5, 5.41) is 26.9. The summed E-state index contributed by atoms with van der Waals surface area (Å²) in [6.45, 7) is 1.03. The molecule has 146 valence electrons. The molecule has 0 spiro atoms.